The minimum atomic E-state index is -0.982. The Morgan fingerprint density at radius 1 is 1.00 bits per heavy atom. The van der Waals surface area contributed by atoms with E-state index in [0.29, 0.717) is 31.5 Å². The number of H-pyrrole nitrogens is 1. The summed E-state index contributed by atoms with van der Waals surface area (Å²) in [5, 5.41) is 8.09. The molecule has 1 aromatic heterocycles. The summed E-state index contributed by atoms with van der Waals surface area (Å²) in [6.07, 6.45) is 4.39. The average Bonchev–Trinajstić information content (AvgIpc) is 3.39. The van der Waals surface area contributed by atoms with Gasteiger partial charge in [0.2, 0.25) is 11.8 Å². The highest BCUT2D eigenvalue weighted by molar-refractivity contribution is 5.92. The van der Waals surface area contributed by atoms with Crippen LogP contribution in [0.2, 0.25) is 0 Å². The molecule has 0 spiro atoms. The second-order valence-corrected chi connectivity index (χ2v) is 10.1. The number of nitrogens with zero attached hydrogens (tertiary/aromatic N) is 1. The van der Waals surface area contributed by atoms with Crippen LogP contribution in [0, 0.1) is 0 Å². The summed E-state index contributed by atoms with van der Waals surface area (Å²) in [7, 11) is 1.24. The molecule has 0 saturated carbocycles. The largest absolute Gasteiger partial charge is 0.467 e. The number of imidazole rings is 1. The van der Waals surface area contributed by atoms with E-state index in [0.717, 1.165) is 5.56 Å². The SMILES string of the molecule is COC(=O)[C@H](Cc1cnc[nH]1)NC(=O)[C@H](Cc1ccccc1)NC(=O)[C@@H](N)CCCCNC(=O)OC(C)(C)C. The number of aromatic amines is 1. The zero-order valence-corrected chi connectivity index (χ0v) is 23.0. The number of hydrogen-bond acceptors (Lipinski definition) is 8. The van der Waals surface area contributed by atoms with Crippen LogP contribution in [0.25, 0.3) is 0 Å². The number of hydrogen-bond donors (Lipinski definition) is 5. The number of nitrogens with two attached hydrogens (primary N) is 1. The van der Waals surface area contributed by atoms with Crippen LogP contribution in [0.4, 0.5) is 4.79 Å². The standard InChI is InChI=1S/C27H40N6O6/c1-27(2,3)39-26(37)30-13-9-8-12-20(28)23(34)32-21(14-18-10-6-5-7-11-18)24(35)33-22(25(36)38-4)15-19-16-29-17-31-19/h5-7,10-11,16-17,20-22H,8-9,12-15,28H2,1-4H3,(H,29,31)(H,30,37)(H,32,34)(H,33,35)/t20-,21-,22-/m0/s1. The predicted molar refractivity (Wildman–Crippen MR) is 144 cm³/mol. The normalized spacial score (nSPS) is 13.5. The molecule has 0 saturated heterocycles. The Labute approximate surface area is 228 Å². The molecule has 0 bridgehead atoms. The third-order valence-corrected chi connectivity index (χ3v) is 5.64. The second-order valence-electron chi connectivity index (χ2n) is 10.1. The molecule has 1 heterocycles. The molecule has 0 aliphatic carbocycles. The van der Waals surface area contributed by atoms with Gasteiger partial charge >= 0.3 is 12.1 Å². The van der Waals surface area contributed by atoms with Gasteiger partial charge in [-0.2, -0.15) is 0 Å². The quantitative estimate of drug-likeness (QED) is 0.175. The van der Waals surface area contributed by atoms with E-state index >= 15 is 0 Å². The molecule has 2 aromatic rings. The molecule has 0 aliphatic rings. The number of amides is 3. The average molecular weight is 545 g/mol. The number of methoxy groups -OCH3 is 1. The first-order chi connectivity index (χ1) is 18.5. The summed E-state index contributed by atoms with van der Waals surface area (Å²) in [6.45, 7) is 5.73. The van der Waals surface area contributed by atoms with Crippen molar-refractivity contribution >= 4 is 23.9 Å². The van der Waals surface area contributed by atoms with Crippen molar-refractivity contribution in [3.05, 3.63) is 54.1 Å². The summed E-state index contributed by atoms with van der Waals surface area (Å²) in [4.78, 5) is 57.1. The Balaban J connectivity index is 1.96. The number of aromatic nitrogens is 2. The van der Waals surface area contributed by atoms with Crippen molar-refractivity contribution in [1.82, 2.24) is 25.9 Å². The van der Waals surface area contributed by atoms with Crippen molar-refractivity contribution < 1.29 is 28.7 Å². The Morgan fingerprint density at radius 3 is 2.31 bits per heavy atom. The maximum Gasteiger partial charge on any atom is 0.407 e. The molecule has 1 aromatic carbocycles. The fourth-order valence-corrected chi connectivity index (χ4v) is 3.69. The van der Waals surface area contributed by atoms with Gasteiger partial charge in [0.25, 0.3) is 0 Å². The van der Waals surface area contributed by atoms with Crippen LogP contribution in [-0.2, 0) is 36.7 Å². The van der Waals surface area contributed by atoms with E-state index in [4.69, 9.17) is 15.2 Å². The first kappa shape index (κ1) is 31.3. The van der Waals surface area contributed by atoms with Crippen molar-refractivity contribution in [2.45, 2.75) is 76.6 Å². The molecular weight excluding hydrogens is 504 g/mol. The summed E-state index contributed by atoms with van der Waals surface area (Å²) in [5.41, 5.74) is 6.98. The molecule has 3 atom stereocenters. The van der Waals surface area contributed by atoms with Gasteiger partial charge in [0.15, 0.2) is 0 Å². The highest BCUT2D eigenvalue weighted by Crippen LogP contribution is 2.08. The molecular formula is C27H40N6O6. The summed E-state index contributed by atoms with van der Waals surface area (Å²) >= 11 is 0. The Morgan fingerprint density at radius 2 is 1.69 bits per heavy atom. The zero-order chi connectivity index (χ0) is 28.8. The van der Waals surface area contributed by atoms with Crippen molar-refractivity contribution in [2.75, 3.05) is 13.7 Å². The van der Waals surface area contributed by atoms with Crippen LogP contribution >= 0.6 is 0 Å². The molecule has 214 valence electrons. The highest BCUT2D eigenvalue weighted by atomic mass is 16.6. The summed E-state index contributed by atoms with van der Waals surface area (Å²) in [6, 6.07) is 6.37. The topological polar surface area (TPSA) is 178 Å². The molecule has 0 fully saturated rings. The maximum absolute atomic E-state index is 13.3. The van der Waals surface area contributed by atoms with E-state index in [9.17, 15) is 19.2 Å². The van der Waals surface area contributed by atoms with Gasteiger partial charge in [-0.05, 0) is 45.6 Å². The minimum Gasteiger partial charge on any atom is -0.467 e. The van der Waals surface area contributed by atoms with Crippen molar-refractivity contribution in [3.8, 4) is 0 Å². The second kappa shape index (κ2) is 15.5. The van der Waals surface area contributed by atoms with Crippen LogP contribution in [-0.4, -0.2) is 71.2 Å². The Bertz CT molecular complexity index is 1050. The van der Waals surface area contributed by atoms with Gasteiger partial charge in [0.05, 0.1) is 19.5 Å². The van der Waals surface area contributed by atoms with Gasteiger partial charge < -0.3 is 36.1 Å². The van der Waals surface area contributed by atoms with Crippen LogP contribution in [0.5, 0.6) is 0 Å². The molecule has 2 rings (SSSR count). The lowest BCUT2D eigenvalue weighted by Gasteiger charge is -2.23. The summed E-state index contributed by atoms with van der Waals surface area (Å²) in [5.74, 6) is -1.66. The number of carbonyl (C=O) groups excluding carboxylic acids is 4. The molecule has 0 radical (unpaired) electrons. The number of carbonyl (C=O) groups is 4. The number of rotatable bonds is 14. The minimum absolute atomic E-state index is 0.140. The predicted octanol–water partition coefficient (Wildman–Crippen LogP) is 1.36. The molecule has 0 unspecified atom stereocenters. The van der Waals surface area contributed by atoms with E-state index in [1.54, 1.807) is 27.0 Å². The zero-order valence-electron chi connectivity index (χ0n) is 23.0. The fourth-order valence-electron chi connectivity index (χ4n) is 3.69. The van der Waals surface area contributed by atoms with Gasteiger partial charge in [0.1, 0.15) is 17.7 Å². The lowest BCUT2D eigenvalue weighted by atomic mass is 10.0. The van der Waals surface area contributed by atoms with Gasteiger partial charge in [-0.25, -0.2) is 14.6 Å². The van der Waals surface area contributed by atoms with Crippen molar-refractivity contribution in [3.63, 3.8) is 0 Å². The van der Waals surface area contributed by atoms with E-state index in [2.05, 4.69) is 25.9 Å². The molecule has 6 N–H and O–H groups in total. The highest BCUT2D eigenvalue weighted by Gasteiger charge is 2.29. The van der Waals surface area contributed by atoms with Crippen LogP contribution < -0.4 is 21.7 Å². The van der Waals surface area contributed by atoms with Gasteiger partial charge in [-0.15, -0.1) is 0 Å². The molecule has 12 heteroatoms. The number of esters is 1. The number of benzene rings is 1. The van der Waals surface area contributed by atoms with Gasteiger partial charge in [-0.3, -0.25) is 9.59 Å². The van der Waals surface area contributed by atoms with Crippen LogP contribution in [0.15, 0.2) is 42.9 Å². The number of nitrogens with one attached hydrogen (secondary N) is 4. The van der Waals surface area contributed by atoms with Gasteiger partial charge in [0, 0.05) is 31.3 Å². The Hall–Kier alpha value is -3.93. The van der Waals surface area contributed by atoms with E-state index < -0.39 is 47.6 Å². The molecule has 12 nitrogen and oxygen atoms in total. The fraction of sp³-hybridized carbons (Fsp3) is 0.519. The van der Waals surface area contributed by atoms with Crippen LogP contribution in [0.1, 0.15) is 51.3 Å². The lowest BCUT2D eigenvalue weighted by Crippen LogP contribution is -2.55. The van der Waals surface area contributed by atoms with Crippen molar-refractivity contribution in [2.24, 2.45) is 5.73 Å². The molecule has 39 heavy (non-hydrogen) atoms. The lowest BCUT2D eigenvalue weighted by molar-refractivity contribution is -0.145. The first-order valence-corrected chi connectivity index (χ1v) is 12.9. The monoisotopic (exact) mass is 544 g/mol. The van der Waals surface area contributed by atoms with E-state index in [1.807, 2.05) is 30.3 Å². The first-order valence-electron chi connectivity index (χ1n) is 12.9. The maximum atomic E-state index is 13.3. The van der Waals surface area contributed by atoms with Crippen LogP contribution in [0.3, 0.4) is 0 Å². The number of unbranched alkanes of at least 4 members (excludes halogenated alkanes) is 1. The molecule has 3 amide bonds. The smallest absolute Gasteiger partial charge is 0.407 e. The van der Waals surface area contributed by atoms with E-state index in [1.165, 1.54) is 13.4 Å². The number of alkyl carbamates (subject to hydrolysis) is 1. The third-order valence-electron chi connectivity index (χ3n) is 5.64. The third kappa shape index (κ3) is 12.0. The Kier molecular flexibility index (Phi) is 12.4. The van der Waals surface area contributed by atoms with E-state index in [-0.39, 0.29) is 12.8 Å². The molecule has 0 aliphatic heterocycles. The van der Waals surface area contributed by atoms with Gasteiger partial charge in [-0.1, -0.05) is 30.3 Å². The number of ether oxygens (including phenoxy) is 2. The summed E-state index contributed by atoms with van der Waals surface area (Å²) < 4.78 is 10.0. The van der Waals surface area contributed by atoms with Crippen molar-refractivity contribution in [1.29, 1.82) is 0 Å².